The first-order valence-electron chi connectivity index (χ1n) is 7.99. The second-order valence-electron chi connectivity index (χ2n) is 5.62. The summed E-state index contributed by atoms with van der Waals surface area (Å²) in [4.78, 5) is 19.0. The Bertz CT molecular complexity index is 994. The average molecular weight is 416 g/mol. The summed E-state index contributed by atoms with van der Waals surface area (Å²) in [5.41, 5.74) is 0.996. The van der Waals surface area contributed by atoms with E-state index >= 15 is 0 Å². The van der Waals surface area contributed by atoms with Gasteiger partial charge >= 0.3 is 0 Å². The van der Waals surface area contributed by atoms with E-state index in [1.807, 2.05) is 0 Å². The molecule has 3 aromatic rings. The normalized spacial score (nSPS) is 12.4. The molecule has 0 amide bonds. The molecule has 0 aliphatic heterocycles. The number of halogens is 3. The molecule has 3 rings (SSSR count). The molecule has 0 saturated carbocycles. The fourth-order valence-corrected chi connectivity index (χ4v) is 2.74. The van der Waals surface area contributed by atoms with Crippen LogP contribution in [0.3, 0.4) is 0 Å². The number of aliphatic hydroxyl groups excluding tert-OH is 1. The smallest absolute Gasteiger partial charge is 0.280 e. The monoisotopic (exact) mass is 415 g/mol. The van der Waals surface area contributed by atoms with E-state index in [1.54, 1.807) is 18.2 Å². The second kappa shape index (κ2) is 8.66. The van der Waals surface area contributed by atoms with Gasteiger partial charge in [0.2, 0.25) is 12.3 Å². The van der Waals surface area contributed by atoms with Gasteiger partial charge in [0.1, 0.15) is 5.52 Å². The van der Waals surface area contributed by atoms with Gasteiger partial charge in [-0.1, -0.05) is 29.3 Å². The molecule has 0 bridgehead atoms. The number of rotatable bonds is 8. The number of aliphatic hydroxyl groups is 1. The minimum absolute atomic E-state index is 0.0689. The minimum Gasteiger partial charge on any atom is -0.394 e. The van der Waals surface area contributed by atoms with E-state index in [2.05, 4.69) is 25.5 Å². The van der Waals surface area contributed by atoms with Gasteiger partial charge in [0, 0.05) is 13.0 Å². The lowest BCUT2D eigenvalue weighted by Crippen LogP contribution is -2.15. The maximum atomic E-state index is 13.8. The van der Waals surface area contributed by atoms with Gasteiger partial charge in [0.05, 0.1) is 29.0 Å². The van der Waals surface area contributed by atoms with Crippen molar-refractivity contribution in [2.24, 2.45) is 0 Å². The van der Waals surface area contributed by atoms with Crippen LogP contribution in [0.1, 0.15) is 11.3 Å². The zero-order valence-corrected chi connectivity index (χ0v) is 15.4. The fraction of sp³-hybridized carbons (Fsp3) is 0.312. The van der Waals surface area contributed by atoms with E-state index in [0.717, 1.165) is 5.56 Å². The van der Waals surface area contributed by atoms with Crippen LogP contribution in [-0.4, -0.2) is 44.8 Å². The van der Waals surface area contributed by atoms with E-state index in [4.69, 9.17) is 33.0 Å². The molecule has 27 heavy (non-hydrogen) atoms. The molecule has 1 atom stereocenters. The first-order chi connectivity index (χ1) is 13.0. The molecule has 0 aliphatic rings. The molecule has 11 heteroatoms. The Morgan fingerprint density at radius 2 is 2.11 bits per heavy atom. The van der Waals surface area contributed by atoms with Crippen molar-refractivity contribution in [3.63, 3.8) is 0 Å². The van der Waals surface area contributed by atoms with E-state index < -0.39 is 11.9 Å². The predicted molar refractivity (Wildman–Crippen MR) is 99.9 cm³/mol. The average Bonchev–Trinajstić information content (AvgIpc) is 3.04. The molecule has 1 aromatic carbocycles. The van der Waals surface area contributed by atoms with E-state index in [1.165, 1.54) is 0 Å². The largest absolute Gasteiger partial charge is 0.394 e. The number of anilines is 1. The highest BCUT2D eigenvalue weighted by Gasteiger charge is 2.16. The molecule has 8 nitrogen and oxygen atoms in total. The Morgan fingerprint density at radius 1 is 1.30 bits per heavy atom. The summed E-state index contributed by atoms with van der Waals surface area (Å²) in [7, 11) is 0. The van der Waals surface area contributed by atoms with Gasteiger partial charge in [-0.05, 0) is 17.7 Å². The van der Waals surface area contributed by atoms with Crippen LogP contribution in [0.15, 0.2) is 23.0 Å². The van der Waals surface area contributed by atoms with Crippen molar-refractivity contribution < 1.29 is 14.2 Å². The summed E-state index contributed by atoms with van der Waals surface area (Å²) in [6.07, 6.45) is -1.84. The molecule has 144 valence electrons. The molecule has 2 aromatic heterocycles. The Morgan fingerprint density at radius 3 is 2.85 bits per heavy atom. The zero-order chi connectivity index (χ0) is 19.4. The lowest BCUT2D eigenvalue weighted by Gasteiger charge is -2.08. The number of fused-ring (bicyclic) bond motifs is 1. The highest BCUT2D eigenvalue weighted by molar-refractivity contribution is 6.42. The van der Waals surface area contributed by atoms with Gasteiger partial charge in [0.15, 0.2) is 5.52 Å². The third kappa shape index (κ3) is 4.75. The van der Waals surface area contributed by atoms with Crippen LogP contribution in [-0.2, 0) is 17.7 Å². The van der Waals surface area contributed by atoms with Crippen LogP contribution < -0.4 is 10.9 Å². The minimum atomic E-state index is -1.66. The SMILES string of the molecule is O=c1[nH]c(NCc2ccc(Cl)c(Cl)c2)nc2c(C[C@H](F)OCCO)[nH]nc12. The van der Waals surface area contributed by atoms with Gasteiger partial charge in [0.25, 0.3) is 5.56 Å². The number of alkyl halides is 1. The number of aromatic nitrogens is 4. The molecule has 0 saturated heterocycles. The maximum Gasteiger partial charge on any atom is 0.280 e. The highest BCUT2D eigenvalue weighted by atomic mass is 35.5. The first-order valence-corrected chi connectivity index (χ1v) is 8.75. The molecule has 4 N–H and O–H groups in total. The van der Waals surface area contributed by atoms with Crippen LogP contribution in [0.5, 0.6) is 0 Å². The highest BCUT2D eigenvalue weighted by Crippen LogP contribution is 2.23. The number of benzene rings is 1. The molecule has 0 unspecified atom stereocenters. The van der Waals surface area contributed by atoms with Crippen molar-refractivity contribution in [2.75, 3.05) is 18.5 Å². The van der Waals surface area contributed by atoms with Crippen LogP contribution in [0.4, 0.5) is 10.3 Å². The molecule has 2 heterocycles. The van der Waals surface area contributed by atoms with Gasteiger partial charge in [-0.15, -0.1) is 0 Å². The third-order valence-electron chi connectivity index (χ3n) is 3.68. The molecule has 0 aliphatic carbocycles. The molecular weight excluding hydrogens is 400 g/mol. The van der Waals surface area contributed by atoms with E-state index in [-0.39, 0.29) is 36.6 Å². The van der Waals surface area contributed by atoms with Crippen molar-refractivity contribution in [3.8, 4) is 0 Å². The van der Waals surface area contributed by atoms with Crippen molar-refractivity contribution in [2.45, 2.75) is 19.3 Å². The lowest BCUT2D eigenvalue weighted by atomic mass is 10.2. The summed E-state index contributed by atoms with van der Waals surface area (Å²) in [6.45, 7) is -0.0770. The summed E-state index contributed by atoms with van der Waals surface area (Å²) in [5.74, 6) is 0.202. The fourth-order valence-electron chi connectivity index (χ4n) is 2.42. The number of nitrogens with zero attached hydrogens (tertiary/aromatic N) is 2. The summed E-state index contributed by atoms with van der Waals surface area (Å²) < 4.78 is 18.6. The number of nitrogens with one attached hydrogen (secondary N) is 3. The molecule has 0 fully saturated rings. The Labute approximate surface area is 162 Å². The van der Waals surface area contributed by atoms with Crippen molar-refractivity contribution in [3.05, 3.63) is 49.9 Å². The van der Waals surface area contributed by atoms with Crippen molar-refractivity contribution in [1.29, 1.82) is 0 Å². The quantitative estimate of drug-likeness (QED) is 0.448. The van der Waals surface area contributed by atoms with Gasteiger partial charge < -0.3 is 15.2 Å². The van der Waals surface area contributed by atoms with Crippen molar-refractivity contribution >= 4 is 40.2 Å². The predicted octanol–water partition coefficient (Wildman–Crippen LogP) is 2.41. The third-order valence-corrected chi connectivity index (χ3v) is 4.42. The molecule has 0 radical (unpaired) electrons. The topological polar surface area (TPSA) is 116 Å². The lowest BCUT2D eigenvalue weighted by molar-refractivity contribution is -0.0500. The van der Waals surface area contributed by atoms with Crippen LogP contribution in [0.25, 0.3) is 11.0 Å². The molecular formula is C16H16Cl2FN5O3. The van der Waals surface area contributed by atoms with Crippen LogP contribution >= 0.6 is 23.2 Å². The Balaban J connectivity index is 1.79. The number of hydrogen-bond acceptors (Lipinski definition) is 6. The summed E-state index contributed by atoms with van der Waals surface area (Å²) >= 11 is 11.9. The van der Waals surface area contributed by atoms with E-state index in [0.29, 0.717) is 22.3 Å². The van der Waals surface area contributed by atoms with Crippen LogP contribution in [0.2, 0.25) is 10.0 Å². The van der Waals surface area contributed by atoms with Crippen molar-refractivity contribution in [1.82, 2.24) is 20.2 Å². The number of H-pyrrole nitrogens is 2. The first kappa shape index (κ1) is 19.6. The van der Waals surface area contributed by atoms with Crippen LogP contribution in [0, 0.1) is 0 Å². The molecule has 0 spiro atoms. The second-order valence-corrected chi connectivity index (χ2v) is 6.44. The van der Waals surface area contributed by atoms with Gasteiger partial charge in [-0.3, -0.25) is 14.9 Å². The maximum absolute atomic E-state index is 13.8. The standard InChI is InChI=1S/C16H16Cl2FN5O3/c17-9-2-1-8(5-10(9)18)7-20-16-21-13-11(6-12(19)27-4-3-25)23-24-14(13)15(26)22-16/h1-2,5,12,25H,3-4,6-7H2,(H,23,24)(H2,20,21,22,26)/t12-/m1/s1. The van der Waals surface area contributed by atoms with Gasteiger partial charge in [-0.2, -0.15) is 5.10 Å². The number of hydrogen-bond donors (Lipinski definition) is 4. The van der Waals surface area contributed by atoms with E-state index in [9.17, 15) is 9.18 Å². The van der Waals surface area contributed by atoms with Gasteiger partial charge in [-0.25, -0.2) is 9.37 Å². The Kier molecular flexibility index (Phi) is 6.27. The summed E-state index contributed by atoms with van der Waals surface area (Å²) in [6, 6.07) is 5.15. The number of aromatic amines is 2. The Hall–Kier alpha value is -2.20. The zero-order valence-electron chi connectivity index (χ0n) is 13.9. The summed E-state index contributed by atoms with van der Waals surface area (Å²) in [5, 5.41) is 19.0. The number of ether oxygens (including phenoxy) is 1.